The van der Waals surface area contributed by atoms with Crippen LogP contribution in [0.1, 0.15) is 34.1 Å². The first-order valence-electron chi connectivity index (χ1n) is 7.52. The normalized spacial score (nSPS) is 27.2. The summed E-state index contributed by atoms with van der Waals surface area (Å²) in [4.78, 5) is 24.8. The molecule has 2 rings (SSSR count). The molecule has 2 aliphatic rings. The summed E-state index contributed by atoms with van der Waals surface area (Å²) < 4.78 is 5.28. The number of urea groups is 1. The molecular formula is C15H26N2O4. The van der Waals surface area contributed by atoms with Gasteiger partial charge < -0.3 is 20.1 Å². The van der Waals surface area contributed by atoms with Crippen molar-refractivity contribution < 1.29 is 19.4 Å². The summed E-state index contributed by atoms with van der Waals surface area (Å²) in [5.74, 6) is -0.458. The van der Waals surface area contributed by atoms with Crippen molar-refractivity contribution >= 4 is 12.0 Å². The first-order chi connectivity index (χ1) is 9.68. The highest BCUT2D eigenvalue weighted by atomic mass is 16.5. The van der Waals surface area contributed by atoms with Gasteiger partial charge >= 0.3 is 12.0 Å². The Hall–Kier alpha value is -1.30. The third kappa shape index (κ3) is 3.00. The number of carbonyl (C=O) groups is 2. The number of rotatable bonds is 4. The van der Waals surface area contributed by atoms with Crippen molar-refractivity contribution in [2.75, 3.05) is 26.3 Å². The van der Waals surface area contributed by atoms with Gasteiger partial charge in [-0.3, -0.25) is 4.79 Å². The lowest BCUT2D eigenvalue weighted by Crippen LogP contribution is -2.53. The van der Waals surface area contributed by atoms with E-state index in [0.29, 0.717) is 32.2 Å². The predicted molar refractivity (Wildman–Crippen MR) is 78.0 cm³/mol. The fraction of sp³-hybridized carbons (Fsp3) is 0.867. The van der Waals surface area contributed by atoms with Crippen LogP contribution in [-0.2, 0) is 9.53 Å². The highest BCUT2D eigenvalue weighted by Crippen LogP contribution is 2.67. The van der Waals surface area contributed by atoms with Crippen LogP contribution >= 0.6 is 0 Å². The van der Waals surface area contributed by atoms with Gasteiger partial charge in [-0.25, -0.2) is 4.79 Å². The lowest BCUT2D eigenvalue weighted by Gasteiger charge is -2.34. The highest BCUT2D eigenvalue weighted by Gasteiger charge is 2.64. The number of nitrogens with zero attached hydrogens (tertiary/aromatic N) is 1. The third-order valence-electron chi connectivity index (χ3n) is 5.68. The number of morpholine rings is 1. The van der Waals surface area contributed by atoms with Crippen LogP contribution in [0.2, 0.25) is 0 Å². The minimum Gasteiger partial charge on any atom is -0.481 e. The maximum absolute atomic E-state index is 12.3. The van der Waals surface area contributed by atoms with Crippen LogP contribution in [0.15, 0.2) is 0 Å². The maximum Gasteiger partial charge on any atom is 0.317 e. The number of hydrogen-bond acceptors (Lipinski definition) is 3. The van der Waals surface area contributed by atoms with Crippen molar-refractivity contribution in [2.24, 2.45) is 16.7 Å². The molecule has 0 aromatic heterocycles. The molecule has 21 heavy (non-hydrogen) atoms. The van der Waals surface area contributed by atoms with Gasteiger partial charge in [0.05, 0.1) is 25.7 Å². The third-order valence-corrected chi connectivity index (χ3v) is 5.68. The Balaban J connectivity index is 1.88. The van der Waals surface area contributed by atoms with Gasteiger partial charge in [-0.15, -0.1) is 0 Å². The molecule has 2 fully saturated rings. The number of hydrogen-bond donors (Lipinski definition) is 2. The second kappa shape index (κ2) is 5.48. The van der Waals surface area contributed by atoms with Crippen molar-refractivity contribution in [3.8, 4) is 0 Å². The summed E-state index contributed by atoms with van der Waals surface area (Å²) in [6.45, 7) is 10.7. The zero-order valence-corrected chi connectivity index (χ0v) is 13.3. The van der Waals surface area contributed by atoms with E-state index in [1.165, 1.54) is 0 Å². The molecule has 1 aliphatic carbocycles. The predicted octanol–water partition coefficient (Wildman–Crippen LogP) is 1.55. The summed E-state index contributed by atoms with van der Waals surface area (Å²) in [5, 5.41) is 11.9. The molecule has 120 valence electrons. The van der Waals surface area contributed by atoms with E-state index in [-0.39, 0.29) is 29.3 Å². The zero-order valence-electron chi connectivity index (χ0n) is 13.3. The van der Waals surface area contributed by atoms with Crippen LogP contribution < -0.4 is 5.32 Å². The van der Waals surface area contributed by atoms with Gasteiger partial charge in [0, 0.05) is 13.1 Å². The molecule has 0 aromatic carbocycles. The average molecular weight is 298 g/mol. The van der Waals surface area contributed by atoms with Crippen LogP contribution in [0.4, 0.5) is 4.79 Å². The Morgan fingerprint density at radius 1 is 1.29 bits per heavy atom. The summed E-state index contributed by atoms with van der Waals surface area (Å²) in [7, 11) is 0. The first kappa shape index (κ1) is 16.1. The molecular weight excluding hydrogens is 272 g/mol. The lowest BCUT2D eigenvalue weighted by molar-refractivity contribution is -0.139. The molecule has 1 aliphatic heterocycles. The fourth-order valence-corrected chi connectivity index (χ4v) is 3.43. The molecule has 6 nitrogen and oxygen atoms in total. The summed E-state index contributed by atoms with van der Waals surface area (Å²) in [5.41, 5.74) is 0.456. The second-order valence-corrected chi connectivity index (χ2v) is 7.20. The van der Waals surface area contributed by atoms with E-state index in [1.54, 1.807) is 4.90 Å². The molecule has 2 amide bonds. The number of nitrogens with one attached hydrogen (secondary N) is 1. The van der Waals surface area contributed by atoms with Crippen LogP contribution in [0.25, 0.3) is 0 Å². The smallest absolute Gasteiger partial charge is 0.317 e. The molecule has 1 unspecified atom stereocenters. The van der Waals surface area contributed by atoms with Gasteiger partial charge in [0.25, 0.3) is 0 Å². The minimum absolute atomic E-state index is 0.0756. The fourth-order valence-electron chi connectivity index (χ4n) is 3.43. The SMILES string of the molecule is CC1(C)C(CNC(=O)N2CCOCC2CC(=O)O)C1(C)C. The molecule has 6 heteroatoms. The lowest BCUT2D eigenvalue weighted by atomic mass is 10.0. The van der Waals surface area contributed by atoms with Gasteiger partial charge in [-0.05, 0) is 16.7 Å². The number of carbonyl (C=O) groups excluding carboxylic acids is 1. The monoisotopic (exact) mass is 298 g/mol. The van der Waals surface area contributed by atoms with E-state index in [1.807, 2.05) is 0 Å². The molecule has 0 bridgehead atoms. The van der Waals surface area contributed by atoms with E-state index in [4.69, 9.17) is 9.84 Å². The van der Waals surface area contributed by atoms with Crippen molar-refractivity contribution in [3.05, 3.63) is 0 Å². The van der Waals surface area contributed by atoms with E-state index in [0.717, 1.165) is 0 Å². The largest absolute Gasteiger partial charge is 0.481 e. The van der Waals surface area contributed by atoms with Crippen LogP contribution in [0.5, 0.6) is 0 Å². The van der Waals surface area contributed by atoms with E-state index >= 15 is 0 Å². The number of amides is 2. The Morgan fingerprint density at radius 3 is 2.43 bits per heavy atom. The standard InChI is InChI=1S/C15H26N2O4/c1-14(2)11(15(14,3)4)8-16-13(20)17-5-6-21-9-10(17)7-12(18)19/h10-11H,5-9H2,1-4H3,(H,16,20)(H,18,19). The van der Waals surface area contributed by atoms with Crippen LogP contribution in [0.3, 0.4) is 0 Å². The van der Waals surface area contributed by atoms with Gasteiger partial charge in [-0.2, -0.15) is 0 Å². The van der Waals surface area contributed by atoms with Gasteiger partial charge in [0.15, 0.2) is 0 Å². The van der Waals surface area contributed by atoms with Crippen molar-refractivity contribution in [2.45, 2.75) is 40.2 Å². The average Bonchev–Trinajstić information content (AvgIpc) is 2.76. The first-order valence-corrected chi connectivity index (χ1v) is 7.52. The summed E-state index contributed by atoms with van der Waals surface area (Å²) in [6, 6.07) is -0.556. The quantitative estimate of drug-likeness (QED) is 0.825. The van der Waals surface area contributed by atoms with E-state index < -0.39 is 5.97 Å². The van der Waals surface area contributed by atoms with Crippen LogP contribution in [0, 0.1) is 16.7 Å². The number of aliphatic carboxylic acids is 1. The van der Waals surface area contributed by atoms with Gasteiger partial charge in [-0.1, -0.05) is 27.7 Å². The molecule has 2 N–H and O–H groups in total. The van der Waals surface area contributed by atoms with Crippen molar-refractivity contribution in [1.82, 2.24) is 10.2 Å². The number of carboxylic acids is 1. The Morgan fingerprint density at radius 2 is 1.90 bits per heavy atom. The number of ether oxygens (including phenoxy) is 1. The van der Waals surface area contributed by atoms with Gasteiger partial charge in [0.1, 0.15) is 0 Å². The molecule has 1 saturated carbocycles. The van der Waals surface area contributed by atoms with Gasteiger partial charge in [0.2, 0.25) is 0 Å². The second-order valence-electron chi connectivity index (χ2n) is 7.20. The van der Waals surface area contributed by atoms with E-state index in [2.05, 4.69) is 33.0 Å². The summed E-state index contributed by atoms with van der Waals surface area (Å²) >= 11 is 0. The Kier molecular flexibility index (Phi) is 4.19. The molecule has 0 aromatic rings. The maximum atomic E-state index is 12.3. The van der Waals surface area contributed by atoms with Crippen molar-refractivity contribution in [1.29, 1.82) is 0 Å². The molecule has 0 radical (unpaired) electrons. The molecule has 1 saturated heterocycles. The number of carboxylic acid groups (broad SMARTS) is 1. The topological polar surface area (TPSA) is 78.9 Å². The van der Waals surface area contributed by atoms with Crippen molar-refractivity contribution in [3.63, 3.8) is 0 Å². The highest BCUT2D eigenvalue weighted by molar-refractivity contribution is 5.76. The summed E-state index contributed by atoms with van der Waals surface area (Å²) in [6.07, 6.45) is -0.0756. The zero-order chi connectivity index (χ0) is 15.8. The Labute approximate surface area is 125 Å². The van der Waals surface area contributed by atoms with Crippen LogP contribution in [-0.4, -0.2) is 54.4 Å². The molecule has 1 heterocycles. The Bertz CT molecular complexity index is 419. The minimum atomic E-state index is -0.909. The molecule has 1 atom stereocenters. The molecule has 0 spiro atoms. The van der Waals surface area contributed by atoms with E-state index in [9.17, 15) is 9.59 Å².